The van der Waals surface area contributed by atoms with Crippen LogP contribution in [0.2, 0.25) is 0 Å². The van der Waals surface area contributed by atoms with Crippen LogP contribution in [0.4, 0.5) is 23.0 Å². The van der Waals surface area contributed by atoms with Crippen LogP contribution in [0.3, 0.4) is 0 Å². The van der Waals surface area contributed by atoms with E-state index in [2.05, 4.69) is 25.1 Å². The number of nitrogens with one attached hydrogen (secondary N) is 2. The average molecular weight is 518 g/mol. The summed E-state index contributed by atoms with van der Waals surface area (Å²) in [4.78, 5) is 29.6. The summed E-state index contributed by atoms with van der Waals surface area (Å²) in [5.74, 6) is 0.392. The zero-order chi connectivity index (χ0) is 27.4. The molecule has 0 saturated carbocycles. The SMILES string of the molecule is COc1cc(N(C)CCN(C)C)c(N)cc1Nc1ncc(C(=O)OC(C)C)c(-c2c[nH]c3ccccc23)n1. The van der Waals surface area contributed by atoms with E-state index in [4.69, 9.17) is 20.2 Å². The van der Waals surface area contributed by atoms with Crippen molar-refractivity contribution in [3.8, 4) is 17.0 Å². The normalized spacial score (nSPS) is 11.3. The molecule has 0 fully saturated rings. The molecule has 0 spiro atoms. The van der Waals surface area contributed by atoms with Crippen molar-refractivity contribution in [2.24, 2.45) is 0 Å². The van der Waals surface area contributed by atoms with Crippen LogP contribution >= 0.6 is 0 Å². The number of aromatic amines is 1. The maximum absolute atomic E-state index is 12.9. The predicted molar refractivity (Wildman–Crippen MR) is 152 cm³/mol. The zero-order valence-corrected chi connectivity index (χ0v) is 22.7. The van der Waals surface area contributed by atoms with Gasteiger partial charge in [0.1, 0.15) is 11.3 Å². The number of para-hydroxylation sites is 1. The molecule has 2 aromatic heterocycles. The van der Waals surface area contributed by atoms with Crippen LogP contribution in [0, 0.1) is 0 Å². The molecule has 0 amide bonds. The van der Waals surface area contributed by atoms with Gasteiger partial charge in [0.25, 0.3) is 0 Å². The topological polar surface area (TPSA) is 122 Å². The highest BCUT2D eigenvalue weighted by atomic mass is 16.5. The van der Waals surface area contributed by atoms with E-state index in [1.807, 2.05) is 57.7 Å². The third-order valence-corrected chi connectivity index (χ3v) is 6.08. The first-order chi connectivity index (χ1) is 18.2. The highest BCUT2D eigenvalue weighted by Crippen LogP contribution is 2.37. The highest BCUT2D eigenvalue weighted by Gasteiger charge is 2.22. The Morgan fingerprint density at radius 2 is 1.92 bits per heavy atom. The van der Waals surface area contributed by atoms with Gasteiger partial charge in [-0.3, -0.25) is 0 Å². The zero-order valence-electron chi connectivity index (χ0n) is 22.7. The van der Waals surface area contributed by atoms with Gasteiger partial charge in [-0.1, -0.05) is 18.2 Å². The van der Waals surface area contributed by atoms with Crippen molar-refractivity contribution in [3.05, 3.63) is 54.4 Å². The fraction of sp³-hybridized carbons (Fsp3) is 0.321. The summed E-state index contributed by atoms with van der Waals surface area (Å²) < 4.78 is 11.1. The van der Waals surface area contributed by atoms with Crippen molar-refractivity contribution < 1.29 is 14.3 Å². The second-order valence-electron chi connectivity index (χ2n) is 9.62. The first-order valence-electron chi connectivity index (χ1n) is 12.4. The summed E-state index contributed by atoms with van der Waals surface area (Å²) >= 11 is 0. The van der Waals surface area contributed by atoms with Gasteiger partial charge in [-0.15, -0.1) is 0 Å². The third-order valence-electron chi connectivity index (χ3n) is 6.08. The number of fused-ring (bicyclic) bond motifs is 1. The number of methoxy groups -OCH3 is 1. The van der Waals surface area contributed by atoms with Gasteiger partial charge in [0.15, 0.2) is 0 Å². The molecule has 4 aromatic rings. The number of aromatic nitrogens is 3. The summed E-state index contributed by atoms with van der Waals surface area (Å²) in [5, 5.41) is 4.15. The number of likely N-dealkylation sites (N-methyl/N-ethyl adjacent to an activating group) is 2. The van der Waals surface area contributed by atoms with Crippen molar-refractivity contribution in [2.45, 2.75) is 20.0 Å². The van der Waals surface area contributed by atoms with Gasteiger partial charge in [-0.2, -0.15) is 0 Å². The van der Waals surface area contributed by atoms with Crippen molar-refractivity contribution in [2.75, 3.05) is 57.3 Å². The van der Waals surface area contributed by atoms with E-state index < -0.39 is 5.97 Å². The van der Waals surface area contributed by atoms with Gasteiger partial charge in [0.2, 0.25) is 5.95 Å². The lowest BCUT2D eigenvalue weighted by molar-refractivity contribution is 0.0378. The van der Waals surface area contributed by atoms with Crippen molar-refractivity contribution in [1.29, 1.82) is 0 Å². The lowest BCUT2D eigenvalue weighted by Gasteiger charge is -2.24. The molecule has 0 aliphatic heterocycles. The van der Waals surface area contributed by atoms with Crippen LogP contribution in [-0.4, -0.2) is 73.3 Å². The quantitative estimate of drug-likeness (QED) is 0.206. The van der Waals surface area contributed by atoms with E-state index >= 15 is 0 Å². The minimum Gasteiger partial charge on any atom is -0.494 e. The number of rotatable bonds is 10. The molecule has 2 heterocycles. The molecule has 0 radical (unpaired) electrons. The number of hydrogen-bond acceptors (Lipinski definition) is 9. The number of H-pyrrole nitrogens is 1. The largest absolute Gasteiger partial charge is 0.494 e. The van der Waals surface area contributed by atoms with Crippen LogP contribution in [-0.2, 0) is 4.74 Å². The first-order valence-corrected chi connectivity index (χ1v) is 12.4. The second kappa shape index (κ2) is 11.4. The fourth-order valence-electron chi connectivity index (χ4n) is 4.12. The Bertz CT molecular complexity index is 1430. The van der Waals surface area contributed by atoms with Crippen LogP contribution in [0.1, 0.15) is 24.2 Å². The fourth-order valence-corrected chi connectivity index (χ4v) is 4.12. The number of carbonyl (C=O) groups excluding carboxylic acids is 1. The average Bonchev–Trinajstić information content (AvgIpc) is 3.31. The lowest BCUT2D eigenvalue weighted by Crippen LogP contribution is -2.29. The predicted octanol–water partition coefficient (Wildman–Crippen LogP) is 4.52. The molecule has 0 saturated heterocycles. The molecule has 4 N–H and O–H groups in total. The van der Waals surface area contributed by atoms with E-state index in [0.29, 0.717) is 22.8 Å². The van der Waals surface area contributed by atoms with Crippen molar-refractivity contribution >= 4 is 39.9 Å². The third kappa shape index (κ3) is 5.81. The van der Waals surface area contributed by atoms with Gasteiger partial charge in [0, 0.05) is 55.1 Å². The Morgan fingerprint density at radius 3 is 2.63 bits per heavy atom. The maximum Gasteiger partial charge on any atom is 0.342 e. The van der Waals surface area contributed by atoms with Crippen LogP contribution in [0.25, 0.3) is 22.2 Å². The molecule has 0 aliphatic carbocycles. The number of nitrogens with two attached hydrogens (primary N) is 1. The van der Waals surface area contributed by atoms with Crippen LogP contribution in [0.15, 0.2) is 48.8 Å². The van der Waals surface area contributed by atoms with Gasteiger partial charge in [0.05, 0.1) is 36.0 Å². The first kappa shape index (κ1) is 26.7. The molecule has 0 unspecified atom stereocenters. The number of hydrogen-bond donors (Lipinski definition) is 3. The van der Waals surface area contributed by atoms with E-state index in [-0.39, 0.29) is 17.6 Å². The molecule has 10 nitrogen and oxygen atoms in total. The monoisotopic (exact) mass is 517 g/mol. The Kier molecular flexibility index (Phi) is 8.02. The van der Waals surface area contributed by atoms with E-state index in [9.17, 15) is 4.79 Å². The van der Waals surface area contributed by atoms with Crippen LogP contribution in [0.5, 0.6) is 5.75 Å². The molecular weight excluding hydrogens is 482 g/mol. The molecule has 0 atom stereocenters. The lowest BCUT2D eigenvalue weighted by atomic mass is 10.1. The van der Waals surface area contributed by atoms with E-state index in [0.717, 1.165) is 35.2 Å². The van der Waals surface area contributed by atoms with E-state index in [1.165, 1.54) is 6.20 Å². The van der Waals surface area contributed by atoms with E-state index in [1.54, 1.807) is 27.0 Å². The Labute approximate surface area is 222 Å². The molecule has 0 aliphatic rings. The molecule has 38 heavy (non-hydrogen) atoms. The number of benzene rings is 2. The molecule has 0 bridgehead atoms. The summed E-state index contributed by atoms with van der Waals surface area (Å²) in [6.07, 6.45) is 3.04. The minimum absolute atomic E-state index is 0.276. The standard InChI is InChI=1S/C28H35N7O3/c1-17(2)38-27(36)20-16-31-28(33-26(20)19-15-30-22-10-8-7-9-18(19)22)32-23-13-21(29)24(14-25(23)37-6)35(5)12-11-34(3)4/h7-10,13-17,30H,11-12,29H2,1-6H3,(H,31,32,33). The van der Waals surface area contributed by atoms with Gasteiger partial charge < -0.3 is 35.3 Å². The number of carbonyl (C=O) groups is 1. The maximum atomic E-state index is 12.9. The summed E-state index contributed by atoms with van der Waals surface area (Å²) in [7, 11) is 7.66. The molecule has 2 aromatic carbocycles. The minimum atomic E-state index is -0.487. The number of nitrogens with zero attached hydrogens (tertiary/aromatic N) is 4. The Hall–Kier alpha value is -4.31. The molecule has 4 rings (SSSR count). The summed E-state index contributed by atoms with van der Waals surface area (Å²) in [6.45, 7) is 5.29. The van der Waals surface area contributed by atoms with Crippen molar-refractivity contribution in [1.82, 2.24) is 19.9 Å². The molecular formula is C28H35N7O3. The molecule has 200 valence electrons. The summed E-state index contributed by atoms with van der Waals surface area (Å²) in [5.41, 5.74) is 10.9. The van der Waals surface area contributed by atoms with Crippen LogP contribution < -0.4 is 20.7 Å². The number of ether oxygens (including phenoxy) is 2. The smallest absolute Gasteiger partial charge is 0.342 e. The molecule has 10 heteroatoms. The van der Waals surface area contributed by atoms with Gasteiger partial charge >= 0.3 is 5.97 Å². The second-order valence-corrected chi connectivity index (χ2v) is 9.62. The summed E-state index contributed by atoms with van der Waals surface area (Å²) in [6, 6.07) is 11.5. The number of esters is 1. The number of nitrogen functional groups attached to an aromatic ring is 1. The van der Waals surface area contributed by atoms with Gasteiger partial charge in [-0.05, 0) is 40.1 Å². The number of anilines is 4. The van der Waals surface area contributed by atoms with Crippen molar-refractivity contribution in [3.63, 3.8) is 0 Å². The van der Waals surface area contributed by atoms with Gasteiger partial charge in [-0.25, -0.2) is 14.8 Å². The Balaban J connectivity index is 1.73. The highest BCUT2D eigenvalue weighted by molar-refractivity contribution is 6.02. The Morgan fingerprint density at radius 1 is 1.16 bits per heavy atom.